The molecule has 1 N–H and O–H groups in total. The summed E-state index contributed by atoms with van der Waals surface area (Å²) in [5.41, 5.74) is -0.419. The summed E-state index contributed by atoms with van der Waals surface area (Å²) in [7, 11) is 1.57. The second-order valence-corrected chi connectivity index (χ2v) is 8.23. The third-order valence-corrected chi connectivity index (χ3v) is 6.32. The van der Waals surface area contributed by atoms with Gasteiger partial charge in [-0.15, -0.1) is 0 Å². The molecule has 3 amide bonds. The number of methoxy groups -OCH3 is 1. The molecule has 8 heteroatoms. The Kier molecular flexibility index (Phi) is 7.20. The van der Waals surface area contributed by atoms with E-state index < -0.39 is 11.8 Å². The van der Waals surface area contributed by atoms with Crippen LogP contribution in [0.1, 0.15) is 56.8 Å². The molecule has 0 saturated carbocycles. The zero-order valence-electron chi connectivity index (χ0n) is 18.8. The van der Waals surface area contributed by atoms with Crippen LogP contribution in [0.4, 0.5) is 0 Å². The highest BCUT2D eigenvalue weighted by molar-refractivity contribution is 5.98. The number of nitrogens with one attached hydrogen (secondary N) is 1. The molecule has 31 heavy (non-hydrogen) atoms. The van der Waals surface area contributed by atoms with Gasteiger partial charge in [0, 0.05) is 44.0 Å². The first kappa shape index (κ1) is 23.1. The van der Waals surface area contributed by atoms with Crippen molar-refractivity contribution in [3.8, 4) is 5.75 Å². The lowest BCUT2D eigenvalue weighted by molar-refractivity contribution is -0.143. The average molecular weight is 432 g/mol. The van der Waals surface area contributed by atoms with E-state index in [-0.39, 0.29) is 30.4 Å². The molecule has 2 atom stereocenters. The largest absolute Gasteiger partial charge is 0.497 e. The zero-order valence-corrected chi connectivity index (χ0v) is 18.8. The number of amides is 3. The highest BCUT2D eigenvalue weighted by atomic mass is 16.5. The number of ether oxygens (including phenoxy) is 2. The van der Waals surface area contributed by atoms with Crippen LogP contribution in [0, 0.1) is 0 Å². The predicted octanol–water partition coefficient (Wildman–Crippen LogP) is 2.18. The third kappa shape index (κ3) is 4.69. The number of nitrogens with zero attached hydrogens (tertiary/aromatic N) is 2. The highest BCUT2D eigenvalue weighted by Crippen LogP contribution is 2.38. The van der Waals surface area contributed by atoms with Crippen molar-refractivity contribution in [3.05, 3.63) is 29.8 Å². The quantitative estimate of drug-likeness (QED) is 0.746. The number of hydrogen-bond acceptors (Lipinski definition) is 5. The van der Waals surface area contributed by atoms with Gasteiger partial charge in [-0.3, -0.25) is 19.3 Å². The number of carbonyl (C=O) groups is 3. The molecule has 0 aliphatic carbocycles. The van der Waals surface area contributed by atoms with Crippen LogP contribution in [-0.4, -0.2) is 72.1 Å². The van der Waals surface area contributed by atoms with Crippen LogP contribution in [0.3, 0.4) is 0 Å². The van der Waals surface area contributed by atoms with E-state index in [2.05, 4.69) is 5.32 Å². The van der Waals surface area contributed by atoms with Crippen LogP contribution in [0.5, 0.6) is 5.75 Å². The van der Waals surface area contributed by atoms with Gasteiger partial charge in [-0.25, -0.2) is 0 Å². The lowest BCUT2D eigenvalue weighted by Gasteiger charge is -2.44. The summed E-state index contributed by atoms with van der Waals surface area (Å²) >= 11 is 0. The van der Waals surface area contributed by atoms with Gasteiger partial charge in [0.2, 0.25) is 11.8 Å². The van der Waals surface area contributed by atoms with E-state index in [4.69, 9.17) is 9.47 Å². The molecule has 2 unspecified atom stereocenters. The van der Waals surface area contributed by atoms with Crippen molar-refractivity contribution >= 4 is 17.7 Å². The molecule has 2 aliphatic heterocycles. The van der Waals surface area contributed by atoms with E-state index >= 15 is 0 Å². The van der Waals surface area contributed by atoms with Crippen LogP contribution < -0.4 is 10.1 Å². The van der Waals surface area contributed by atoms with Gasteiger partial charge in [-0.1, -0.05) is 13.8 Å². The van der Waals surface area contributed by atoms with Gasteiger partial charge >= 0.3 is 0 Å². The van der Waals surface area contributed by atoms with E-state index in [1.165, 1.54) is 0 Å². The Labute approximate surface area is 183 Å². The lowest BCUT2D eigenvalue weighted by atomic mass is 9.96. The Morgan fingerprint density at radius 2 is 1.84 bits per heavy atom. The molecule has 3 rings (SSSR count). The minimum Gasteiger partial charge on any atom is -0.497 e. The topological polar surface area (TPSA) is 88.2 Å². The van der Waals surface area contributed by atoms with Gasteiger partial charge in [0.05, 0.1) is 13.7 Å². The van der Waals surface area contributed by atoms with Crippen molar-refractivity contribution in [1.29, 1.82) is 0 Å². The Morgan fingerprint density at radius 1 is 1.19 bits per heavy atom. The minimum absolute atomic E-state index is 0.00557. The molecule has 1 aromatic carbocycles. The number of hydrogen-bond donors (Lipinski definition) is 1. The predicted molar refractivity (Wildman–Crippen MR) is 116 cm³/mol. The van der Waals surface area contributed by atoms with Gasteiger partial charge in [0.1, 0.15) is 17.5 Å². The summed E-state index contributed by atoms with van der Waals surface area (Å²) in [4.78, 5) is 42.2. The molecule has 2 saturated heterocycles. The van der Waals surface area contributed by atoms with E-state index in [0.29, 0.717) is 43.7 Å². The number of piperidine rings is 1. The van der Waals surface area contributed by atoms with Crippen LogP contribution in [0.2, 0.25) is 0 Å². The van der Waals surface area contributed by atoms with Crippen molar-refractivity contribution < 1.29 is 23.9 Å². The number of likely N-dealkylation sites (tertiary alicyclic amines) is 1. The molecule has 0 radical (unpaired) electrons. The summed E-state index contributed by atoms with van der Waals surface area (Å²) in [6.07, 6.45) is 2.20. The minimum atomic E-state index is -0.890. The van der Waals surface area contributed by atoms with Crippen LogP contribution in [-0.2, 0) is 14.3 Å². The standard InChI is InChI=1S/C23H33N3O5/c1-5-16(3)24-21(28)19-15-31-23(11-13-25(14-12-23)20(27)6-2)26(19)22(29)17-7-9-18(30-4)10-8-17/h7-10,16,19H,5-6,11-15H2,1-4H3,(H,24,28). The number of benzene rings is 1. The van der Waals surface area contributed by atoms with Gasteiger partial charge in [-0.2, -0.15) is 0 Å². The van der Waals surface area contributed by atoms with Gasteiger partial charge in [0.25, 0.3) is 5.91 Å². The lowest BCUT2D eigenvalue weighted by Crippen LogP contribution is -2.60. The molecule has 2 heterocycles. The van der Waals surface area contributed by atoms with E-state index in [1.807, 2.05) is 20.8 Å². The summed E-state index contributed by atoms with van der Waals surface area (Å²) in [6, 6.07) is 6.16. The Hall–Kier alpha value is -2.61. The Balaban J connectivity index is 1.88. The van der Waals surface area contributed by atoms with E-state index in [9.17, 15) is 14.4 Å². The number of carbonyl (C=O) groups excluding carboxylic acids is 3. The van der Waals surface area contributed by atoms with Gasteiger partial charge in [0.15, 0.2) is 0 Å². The first-order chi connectivity index (χ1) is 14.8. The normalized spacial score (nSPS) is 21.1. The maximum Gasteiger partial charge on any atom is 0.256 e. The van der Waals surface area contributed by atoms with Crippen molar-refractivity contribution in [2.45, 2.75) is 64.3 Å². The second kappa shape index (κ2) is 9.68. The smallest absolute Gasteiger partial charge is 0.256 e. The molecule has 1 aromatic rings. The molecule has 1 spiro atoms. The zero-order chi connectivity index (χ0) is 22.6. The molecule has 2 fully saturated rings. The van der Waals surface area contributed by atoms with Crippen molar-refractivity contribution in [1.82, 2.24) is 15.1 Å². The molecule has 170 valence electrons. The summed E-state index contributed by atoms with van der Waals surface area (Å²) in [6.45, 7) is 6.92. The fraction of sp³-hybridized carbons (Fsp3) is 0.609. The highest BCUT2D eigenvalue weighted by Gasteiger charge is 2.54. The van der Waals surface area contributed by atoms with Gasteiger partial charge in [-0.05, 0) is 37.6 Å². The SMILES string of the molecule is CCC(=O)N1CCC2(CC1)OCC(C(=O)NC(C)CC)N2C(=O)c1ccc(OC)cc1. The molecule has 0 bridgehead atoms. The molecule has 0 aromatic heterocycles. The fourth-order valence-corrected chi connectivity index (χ4v) is 4.21. The van der Waals surface area contributed by atoms with Crippen LogP contribution >= 0.6 is 0 Å². The molecule has 8 nitrogen and oxygen atoms in total. The average Bonchev–Trinajstić information content (AvgIpc) is 3.17. The monoisotopic (exact) mass is 431 g/mol. The Morgan fingerprint density at radius 3 is 2.39 bits per heavy atom. The van der Waals surface area contributed by atoms with Crippen molar-refractivity contribution in [2.24, 2.45) is 0 Å². The van der Waals surface area contributed by atoms with Crippen molar-refractivity contribution in [2.75, 3.05) is 26.8 Å². The third-order valence-electron chi connectivity index (χ3n) is 6.32. The first-order valence-corrected chi connectivity index (χ1v) is 11.0. The van der Waals surface area contributed by atoms with Crippen LogP contribution in [0.15, 0.2) is 24.3 Å². The van der Waals surface area contributed by atoms with Gasteiger partial charge < -0.3 is 19.7 Å². The van der Waals surface area contributed by atoms with E-state index in [1.54, 1.807) is 41.2 Å². The van der Waals surface area contributed by atoms with E-state index in [0.717, 1.165) is 6.42 Å². The summed E-state index contributed by atoms with van der Waals surface area (Å²) < 4.78 is 11.4. The van der Waals surface area contributed by atoms with Crippen molar-refractivity contribution in [3.63, 3.8) is 0 Å². The fourth-order valence-electron chi connectivity index (χ4n) is 4.21. The summed E-state index contributed by atoms with van der Waals surface area (Å²) in [5, 5.41) is 2.99. The molecule has 2 aliphatic rings. The molecular formula is C23H33N3O5. The molecular weight excluding hydrogens is 398 g/mol. The maximum absolute atomic E-state index is 13.6. The second-order valence-electron chi connectivity index (χ2n) is 8.23. The maximum atomic E-state index is 13.6. The van der Waals surface area contributed by atoms with Crippen LogP contribution in [0.25, 0.3) is 0 Å². The first-order valence-electron chi connectivity index (χ1n) is 11.0. The Bertz CT molecular complexity index is 802. The number of rotatable bonds is 6. The summed E-state index contributed by atoms with van der Waals surface area (Å²) in [5.74, 6) is 0.285.